The SMILES string of the molecule is CC[C@H](NC(=O)N1CCC[C@H](Cc2nccn2C)C1)c1nccs1. The molecule has 0 spiro atoms. The molecule has 0 radical (unpaired) electrons. The fourth-order valence-electron chi connectivity index (χ4n) is 3.25. The van der Waals surface area contributed by atoms with Crippen LogP contribution in [0.25, 0.3) is 0 Å². The summed E-state index contributed by atoms with van der Waals surface area (Å²) in [5, 5.41) is 6.08. The van der Waals surface area contributed by atoms with Gasteiger partial charge in [-0.2, -0.15) is 0 Å². The van der Waals surface area contributed by atoms with Gasteiger partial charge in [0.15, 0.2) is 0 Å². The lowest BCUT2D eigenvalue weighted by atomic mass is 9.94. The highest BCUT2D eigenvalue weighted by Gasteiger charge is 2.26. The molecule has 130 valence electrons. The third kappa shape index (κ3) is 3.95. The summed E-state index contributed by atoms with van der Waals surface area (Å²) in [6, 6.07) is 0.0361. The minimum Gasteiger partial charge on any atom is -0.338 e. The second kappa shape index (κ2) is 7.79. The highest BCUT2D eigenvalue weighted by Crippen LogP contribution is 2.22. The number of rotatable bonds is 5. The second-order valence-corrected chi connectivity index (χ2v) is 7.32. The van der Waals surface area contributed by atoms with Crippen LogP contribution in [0.1, 0.15) is 43.1 Å². The lowest BCUT2D eigenvalue weighted by molar-refractivity contribution is 0.161. The molecule has 2 aromatic rings. The molecular formula is C17H25N5OS. The van der Waals surface area contributed by atoms with E-state index in [2.05, 4.69) is 26.8 Å². The summed E-state index contributed by atoms with van der Waals surface area (Å²) >= 11 is 1.59. The quantitative estimate of drug-likeness (QED) is 0.904. The highest BCUT2D eigenvalue weighted by atomic mass is 32.1. The number of nitrogens with one attached hydrogen (secondary N) is 1. The largest absolute Gasteiger partial charge is 0.338 e. The summed E-state index contributed by atoms with van der Waals surface area (Å²) in [4.78, 5) is 23.3. The number of nitrogens with zero attached hydrogens (tertiary/aromatic N) is 4. The molecule has 1 fully saturated rings. The Labute approximate surface area is 146 Å². The first-order valence-corrected chi connectivity index (χ1v) is 9.46. The van der Waals surface area contributed by atoms with E-state index < -0.39 is 0 Å². The van der Waals surface area contributed by atoms with Gasteiger partial charge in [-0.15, -0.1) is 11.3 Å². The zero-order valence-corrected chi connectivity index (χ0v) is 15.1. The van der Waals surface area contributed by atoms with Gasteiger partial charge in [0.05, 0.1) is 6.04 Å². The molecule has 2 amide bonds. The Kier molecular flexibility index (Phi) is 5.50. The van der Waals surface area contributed by atoms with Crippen molar-refractivity contribution in [2.24, 2.45) is 13.0 Å². The van der Waals surface area contributed by atoms with E-state index >= 15 is 0 Å². The summed E-state index contributed by atoms with van der Waals surface area (Å²) in [5.41, 5.74) is 0. The zero-order valence-electron chi connectivity index (χ0n) is 14.3. The lowest BCUT2D eigenvalue weighted by Gasteiger charge is -2.33. The molecule has 3 rings (SSSR count). The monoisotopic (exact) mass is 347 g/mol. The third-order valence-corrected chi connectivity index (χ3v) is 5.54. The normalized spacial score (nSPS) is 19.2. The van der Waals surface area contributed by atoms with Crippen molar-refractivity contribution in [3.8, 4) is 0 Å². The van der Waals surface area contributed by atoms with Crippen LogP contribution in [0.5, 0.6) is 0 Å². The van der Waals surface area contributed by atoms with Gasteiger partial charge in [0.1, 0.15) is 10.8 Å². The van der Waals surface area contributed by atoms with Crippen molar-refractivity contribution in [3.63, 3.8) is 0 Å². The van der Waals surface area contributed by atoms with Crippen molar-refractivity contribution in [2.45, 2.75) is 38.6 Å². The molecule has 0 saturated carbocycles. The Balaban J connectivity index is 1.57. The van der Waals surface area contributed by atoms with E-state index in [1.807, 2.05) is 29.7 Å². The topological polar surface area (TPSA) is 63.1 Å². The maximum atomic E-state index is 12.6. The van der Waals surface area contributed by atoms with E-state index in [1.165, 1.54) is 0 Å². The van der Waals surface area contributed by atoms with E-state index in [0.29, 0.717) is 5.92 Å². The zero-order chi connectivity index (χ0) is 16.9. The molecule has 24 heavy (non-hydrogen) atoms. The van der Waals surface area contributed by atoms with Gasteiger partial charge in [-0.1, -0.05) is 6.92 Å². The van der Waals surface area contributed by atoms with Crippen LogP contribution in [0.15, 0.2) is 24.0 Å². The van der Waals surface area contributed by atoms with Crippen molar-refractivity contribution in [2.75, 3.05) is 13.1 Å². The Morgan fingerprint density at radius 2 is 2.33 bits per heavy atom. The number of thiazole rings is 1. The number of imidazole rings is 1. The molecule has 1 aliphatic rings. The molecule has 0 aliphatic carbocycles. The Hall–Kier alpha value is -1.89. The number of hydrogen-bond acceptors (Lipinski definition) is 4. The van der Waals surface area contributed by atoms with E-state index in [1.54, 1.807) is 17.5 Å². The number of aromatic nitrogens is 3. The number of amides is 2. The summed E-state index contributed by atoms with van der Waals surface area (Å²) in [6.07, 6.45) is 9.58. The standard InChI is InChI=1S/C17H25N5OS/c1-3-14(16-19-7-10-24-16)20-17(23)22-8-4-5-13(12-22)11-15-18-6-9-21(15)2/h6-7,9-10,13-14H,3-5,8,11-12H2,1-2H3,(H,20,23)/t13-,14+/m1/s1. The van der Waals surface area contributed by atoms with E-state index in [9.17, 15) is 4.79 Å². The minimum atomic E-state index is 0.00687. The molecule has 7 heteroatoms. The fourth-order valence-corrected chi connectivity index (χ4v) is 4.03. The van der Waals surface area contributed by atoms with Gasteiger partial charge in [-0.25, -0.2) is 14.8 Å². The van der Waals surface area contributed by atoms with Gasteiger partial charge in [-0.05, 0) is 25.2 Å². The number of carbonyl (C=O) groups is 1. The van der Waals surface area contributed by atoms with Crippen LogP contribution >= 0.6 is 11.3 Å². The van der Waals surface area contributed by atoms with E-state index in [-0.39, 0.29) is 12.1 Å². The van der Waals surface area contributed by atoms with E-state index in [4.69, 9.17) is 0 Å². The molecule has 0 bridgehead atoms. The van der Waals surface area contributed by atoms with Gasteiger partial charge < -0.3 is 14.8 Å². The Morgan fingerprint density at radius 3 is 3.00 bits per heavy atom. The first-order valence-electron chi connectivity index (χ1n) is 8.58. The molecule has 3 heterocycles. The number of urea groups is 1. The molecule has 2 aromatic heterocycles. The maximum Gasteiger partial charge on any atom is 0.317 e. The summed E-state index contributed by atoms with van der Waals surface area (Å²) in [6.45, 7) is 3.70. The fraction of sp³-hybridized carbons (Fsp3) is 0.588. The molecule has 1 N–H and O–H groups in total. The molecule has 6 nitrogen and oxygen atoms in total. The van der Waals surface area contributed by atoms with Crippen molar-refractivity contribution >= 4 is 17.4 Å². The van der Waals surface area contributed by atoms with Crippen LogP contribution in [0.2, 0.25) is 0 Å². The van der Waals surface area contributed by atoms with Crippen LogP contribution in [-0.4, -0.2) is 38.6 Å². The van der Waals surface area contributed by atoms with Crippen molar-refractivity contribution in [1.29, 1.82) is 0 Å². The van der Waals surface area contributed by atoms with Crippen LogP contribution in [-0.2, 0) is 13.5 Å². The van der Waals surface area contributed by atoms with Crippen LogP contribution in [0.3, 0.4) is 0 Å². The minimum absolute atomic E-state index is 0.00687. The average molecular weight is 347 g/mol. The first-order chi connectivity index (χ1) is 11.7. The maximum absolute atomic E-state index is 12.6. The van der Waals surface area contributed by atoms with Crippen molar-refractivity contribution in [3.05, 3.63) is 34.8 Å². The van der Waals surface area contributed by atoms with Gasteiger partial charge in [0.25, 0.3) is 0 Å². The number of piperidine rings is 1. The van der Waals surface area contributed by atoms with Crippen LogP contribution in [0, 0.1) is 5.92 Å². The van der Waals surface area contributed by atoms with Crippen molar-refractivity contribution in [1.82, 2.24) is 24.8 Å². The number of carbonyl (C=O) groups excluding carboxylic acids is 1. The Morgan fingerprint density at radius 1 is 1.46 bits per heavy atom. The van der Waals surface area contributed by atoms with Gasteiger partial charge in [-0.3, -0.25) is 0 Å². The number of hydrogen-bond donors (Lipinski definition) is 1. The molecule has 2 atom stereocenters. The smallest absolute Gasteiger partial charge is 0.317 e. The van der Waals surface area contributed by atoms with Gasteiger partial charge in [0, 0.05) is 50.5 Å². The highest BCUT2D eigenvalue weighted by molar-refractivity contribution is 7.09. The average Bonchev–Trinajstić information content (AvgIpc) is 3.25. The molecule has 1 aliphatic heterocycles. The summed E-state index contributed by atoms with van der Waals surface area (Å²) in [7, 11) is 2.02. The number of likely N-dealkylation sites (tertiary alicyclic amines) is 1. The number of aryl methyl sites for hydroxylation is 1. The second-order valence-electron chi connectivity index (χ2n) is 6.39. The molecule has 0 aromatic carbocycles. The summed E-state index contributed by atoms with van der Waals surface area (Å²) < 4.78 is 2.06. The summed E-state index contributed by atoms with van der Waals surface area (Å²) in [5.74, 6) is 1.57. The molecule has 1 saturated heterocycles. The van der Waals surface area contributed by atoms with Crippen molar-refractivity contribution < 1.29 is 4.79 Å². The lowest BCUT2D eigenvalue weighted by Crippen LogP contribution is -2.46. The van der Waals surface area contributed by atoms with Crippen LogP contribution < -0.4 is 5.32 Å². The van der Waals surface area contributed by atoms with Gasteiger partial charge in [0.2, 0.25) is 0 Å². The predicted octanol–water partition coefficient (Wildman–Crippen LogP) is 2.99. The van der Waals surface area contributed by atoms with E-state index in [0.717, 1.165) is 49.6 Å². The molecular weight excluding hydrogens is 322 g/mol. The predicted molar refractivity (Wildman–Crippen MR) is 94.9 cm³/mol. The third-order valence-electron chi connectivity index (χ3n) is 4.65. The Bertz CT molecular complexity index is 654. The van der Waals surface area contributed by atoms with Gasteiger partial charge >= 0.3 is 6.03 Å². The van der Waals surface area contributed by atoms with Crippen LogP contribution in [0.4, 0.5) is 4.79 Å². The first kappa shape index (κ1) is 17.0. The molecule has 0 unspecified atom stereocenters.